The van der Waals surface area contributed by atoms with Gasteiger partial charge >= 0.3 is 0 Å². The Morgan fingerprint density at radius 3 is 2.41 bits per heavy atom. The molecule has 1 aliphatic carbocycles. The largest absolute Gasteiger partial charge is 0.339 e. The number of likely N-dealkylation sites (tertiary alicyclic amines) is 2. The fourth-order valence-corrected chi connectivity index (χ4v) is 4.68. The summed E-state index contributed by atoms with van der Waals surface area (Å²) in [5.74, 6) is 2.31. The molecule has 3 fully saturated rings. The van der Waals surface area contributed by atoms with Crippen molar-refractivity contribution in [3.05, 3.63) is 23.7 Å². The summed E-state index contributed by atoms with van der Waals surface area (Å²) in [6, 6.07) is 4.52. The summed E-state index contributed by atoms with van der Waals surface area (Å²) in [4.78, 5) is 17.1. The Balaban J connectivity index is 1.29. The Morgan fingerprint density at radius 1 is 0.963 bits per heavy atom. The number of piperidine rings is 1. The maximum atomic E-state index is 12.7. The quantitative estimate of drug-likeness (QED) is 0.828. The van der Waals surface area contributed by atoms with E-state index < -0.39 is 0 Å². The monoisotopic (exact) mass is 368 g/mol. The maximum absolute atomic E-state index is 12.7. The van der Waals surface area contributed by atoms with Crippen LogP contribution in [0.15, 0.2) is 12.1 Å². The average Bonchev–Trinajstić information content (AvgIpc) is 3.33. The molecule has 4 heterocycles. The number of hydrogen-bond donors (Lipinski definition) is 0. The highest BCUT2D eigenvalue weighted by Crippen LogP contribution is 2.39. The van der Waals surface area contributed by atoms with Crippen LogP contribution in [0.25, 0.3) is 5.65 Å². The number of amides is 1. The summed E-state index contributed by atoms with van der Waals surface area (Å²) in [5.41, 5.74) is 2.02. The first kappa shape index (κ1) is 17.1. The third-order valence-electron chi connectivity index (χ3n) is 6.47. The van der Waals surface area contributed by atoms with E-state index in [9.17, 15) is 4.79 Å². The first-order valence-electron chi connectivity index (χ1n) is 10.4. The first-order valence-corrected chi connectivity index (χ1v) is 10.4. The summed E-state index contributed by atoms with van der Waals surface area (Å²) in [5, 5.41) is 13.6. The summed E-state index contributed by atoms with van der Waals surface area (Å²) >= 11 is 0. The van der Waals surface area contributed by atoms with Gasteiger partial charge in [-0.3, -0.25) is 9.69 Å². The van der Waals surface area contributed by atoms with Gasteiger partial charge in [-0.2, -0.15) is 9.61 Å². The Morgan fingerprint density at radius 2 is 1.74 bits per heavy atom. The minimum absolute atomic E-state index is 0.0723. The van der Waals surface area contributed by atoms with E-state index in [-0.39, 0.29) is 6.04 Å². The lowest BCUT2D eigenvalue weighted by molar-refractivity contribution is -0.133. The molecule has 2 saturated heterocycles. The molecule has 27 heavy (non-hydrogen) atoms. The minimum atomic E-state index is 0.0723. The Kier molecular flexibility index (Phi) is 4.15. The van der Waals surface area contributed by atoms with E-state index in [1.54, 1.807) is 0 Å². The van der Waals surface area contributed by atoms with Crippen LogP contribution in [0.1, 0.15) is 69.3 Å². The molecule has 1 saturated carbocycles. The van der Waals surface area contributed by atoms with Crippen LogP contribution in [0.2, 0.25) is 0 Å². The number of aromatic nitrogens is 4. The highest BCUT2D eigenvalue weighted by Gasteiger charge is 2.39. The van der Waals surface area contributed by atoms with Gasteiger partial charge in [-0.15, -0.1) is 10.2 Å². The zero-order chi connectivity index (χ0) is 18.5. The van der Waals surface area contributed by atoms with E-state index in [1.807, 2.05) is 15.5 Å². The van der Waals surface area contributed by atoms with Crippen LogP contribution in [0.4, 0.5) is 0 Å². The summed E-state index contributed by atoms with van der Waals surface area (Å²) < 4.78 is 1.97. The molecule has 144 valence electrons. The average molecular weight is 368 g/mol. The van der Waals surface area contributed by atoms with Crippen molar-refractivity contribution in [1.82, 2.24) is 29.6 Å². The lowest BCUT2D eigenvalue weighted by Gasteiger charge is -2.34. The van der Waals surface area contributed by atoms with Crippen LogP contribution in [0, 0.1) is 0 Å². The van der Waals surface area contributed by atoms with Crippen LogP contribution < -0.4 is 0 Å². The molecule has 1 amide bonds. The number of fused-ring (bicyclic) bond motifs is 1. The van der Waals surface area contributed by atoms with Gasteiger partial charge in [0.2, 0.25) is 5.91 Å². The fourth-order valence-electron chi connectivity index (χ4n) is 4.68. The number of hydrogen-bond acceptors (Lipinski definition) is 5. The topological polar surface area (TPSA) is 66.6 Å². The van der Waals surface area contributed by atoms with Crippen molar-refractivity contribution in [3.8, 4) is 0 Å². The summed E-state index contributed by atoms with van der Waals surface area (Å²) in [7, 11) is 0. The Hall–Kier alpha value is -2.02. The summed E-state index contributed by atoms with van der Waals surface area (Å²) in [6.07, 6.45) is 5.49. The molecule has 1 unspecified atom stereocenters. The van der Waals surface area contributed by atoms with Crippen molar-refractivity contribution in [3.63, 3.8) is 0 Å². The third-order valence-corrected chi connectivity index (χ3v) is 6.47. The number of carbonyl (C=O) groups is 1. The second-order valence-electron chi connectivity index (χ2n) is 8.60. The maximum Gasteiger partial charge on any atom is 0.240 e. The lowest BCUT2D eigenvalue weighted by Crippen LogP contribution is -2.46. The van der Waals surface area contributed by atoms with E-state index in [4.69, 9.17) is 5.10 Å². The molecular weight excluding hydrogens is 340 g/mol. The van der Waals surface area contributed by atoms with Gasteiger partial charge in [0, 0.05) is 24.4 Å². The van der Waals surface area contributed by atoms with E-state index in [1.165, 1.54) is 18.5 Å². The van der Waals surface area contributed by atoms with Crippen molar-refractivity contribution in [2.45, 2.75) is 69.9 Å². The van der Waals surface area contributed by atoms with E-state index in [2.05, 4.69) is 35.0 Å². The van der Waals surface area contributed by atoms with E-state index >= 15 is 0 Å². The fraction of sp³-hybridized carbons (Fsp3) is 0.700. The first-order chi connectivity index (χ1) is 13.1. The molecular formula is C20H28N6O. The highest BCUT2D eigenvalue weighted by molar-refractivity contribution is 5.84. The molecule has 7 nitrogen and oxygen atoms in total. The van der Waals surface area contributed by atoms with Crippen molar-refractivity contribution >= 4 is 11.6 Å². The van der Waals surface area contributed by atoms with Crippen LogP contribution in [0.5, 0.6) is 0 Å². The highest BCUT2D eigenvalue weighted by atomic mass is 16.2. The second kappa shape index (κ2) is 6.55. The normalized spacial score (nSPS) is 25.2. The van der Waals surface area contributed by atoms with Crippen LogP contribution in [-0.4, -0.2) is 67.2 Å². The summed E-state index contributed by atoms with van der Waals surface area (Å²) in [6.45, 7) is 7.00. The van der Waals surface area contributed by atoms with Gasteiger partial charge in [0.1, 0.15) is 0 Å². The molecule has 0 aromatic carbocycles. The van der Waals surface area contributed by atoms with Crippen molar-refractivity contribution in [1.29, 1.82) is 0 Å². The van der Waals surface area contributed by atoms with Gasteiger partial charge in [0.15, 0.2) is 11.5 Å². The van der Waals surface area contributed by atoms with Crippen molar-refractivity contribution in [2.24, 2.45) is 0 Å². The lowest BCUT2D eigenvalue weighted by atomic mass is 9.94. The number of rotatable bonds is 4. The second-order valence-corrected chi connectivity index (χ2v) is 8.60. The zero-order valence-corrected chi connectivity index (χ0v) is 16.2. The molecule has 5 rings (SSSR count). The third kappa shape index (κ3) is 3.02. The molecule has 2 aromatic heterocycles. The molecule has 0 spiro atoms. The number of carbonyl (C=O) groups excluding carboxylic acids is 1. The zero-order valence-electron chi connectivity index (χ0n) is 16.2. The molecule has 2 aromatic rings. The predicted octanol–water partition coefficient (Wildman–Crippen LogP) is 2.19. The van der Waals surface area contributed by atoms with Gasteiger partial charge in [-0.05, 0) is 71.2 Å². The molecule has 2 aliphatic heterocycles. The van der Waals surface area contributed by atoms with Gasteiger partial charge in [0.05, 0.1) is 11.7 Å². The van der Waals surface area contributed by atoms with Gasteiger partial charge < -0.3 is 4.90 Å². The van der Waals surface area contributed by atoms with Gasteiger partial charge in [-0.25, -0.2) is 0 Å². The predicted molar refractivity (Wildman–Crippen MR) is 102 cm³/mol. The van der Waals surface area contributed by atoms with Crippen LogP contribution in [0.3, 0.4) is 0 Å². The van der Waals surface area contributed by atoms with Gasteiger partial charge in [-0.1, -0.05) is 0 Å². The number of nitrogens with zero attached hydrogens (tertiary/aromatic N) is 6. The Bertz CT molecular complexity index is 849. The van der Waals surface area contributed by atoms with E-state index in [0.29, 0.717) is 23.8 Å². The molecule has 3 aliphatic rings. The molecule has 7 heteroatoms. The smallest absolute Gasteiger partial charge is 0.240 e. The SMILES string of the molecule is CC(C)N1CCC(N2CCC(c3nnc4ccc(C5CC5)nn34)CC2)C1=O. The van der Waals surface area contributed by atoms with Gasteiger partial charge in [0.25, 0.3) is 0 Å². The minimum Gasteiger partial charge on any atom is -0.339 e. The molecule has 0 N–H and O–H groups in total. The molecule has 0 radical (unpaired) electrons. The molecule has 1 atom stereocenters. The van der Waals surface area contributed by atoms with Crippen molar-refractivity contribution in [2.75, 3.05) is 19.6 Å². The van der Waals surface area contributed by atoms with Crippen LogP contribution in [-0.2, 0) is 4.79 Å². The standard InChI is InChI=1S/C20H28N6O/c1-13(2)25-12-9-17(20(25)27)24-10-7-15(8-11-24)19-22-21-18-6-5-16(14-3-4-14)23-26(18)19/h5-6,13-15,17H,3-4,7-12H2,1-2H3. The molecule has 0 bridgehead atoms. The Labute approximate surface area is 159 Å². The van der Waals surface area contributed by atoms with E-state index in [0.717, 1.165) is 50.4 Å². The van der Waals surface area contributed by atoms with Crippen LogP contribution >= 0.6 is 0 Å². The van der Waals surface area contributed by atoms with Crippen molar-refractivity contribution < 1.29 is 4.79 Å².